The molecule has 0 aliphatic carbocycles. The maximum atomic E-state index is 12.6. The molecule has 0 amide bonds. The molecule has 1 N–H and O–H groups in total. The van der Waals surface area contributed by atoms with Crippen molar-refractivity contribution in [1.29, 1.82) is 0 Å². The van der Waals surface area contributed by atoms with Gasteiger partial charge < -0.3 is 9.32 Å². The molecule has 0 aromatic carbocycles. The molecule has 0 spiro atoms. The van der Waals surface area contributed by atoms with Crippen LogP contribution in [0.2, 0.25) is 0 Å². The van der Waals surface area contributed by atoms with Crippen LogP contribution in [0.5, 0.6) is 0 Å². The third-order valence-electron chi connectivity index (χ3n) is 5.19. The van der Waals surface area contributed by atoms with E-state index in [9.17, 15) is 8.42 Å². The van der Waals surface area contributed by atoms with Crippen LogP contribution in [0.3, 0.4) is 0 Å². The van der Waals surface area contributed by atoms with Gasteiger partial charge in [-0.2, -0.15) is 0 Å². The van der Waals surface area contributed by atoms with Crippen molar-refractivity contribution >= 4 is 10.0 Å². The fourth-order valence-corrected chi connectivity index (χ4v) is 5.67. The largest absolute Gasteiger partial charge is 0.468 e. The Balaban J connectivity index is 1.62. The highest BCUT2D eigenvalue weighted by atomic mass is 32.2. The van der Waals surface area contributed by atoms with Crippen LogP contribution in [-0.4, -0.2) is 64.2 Å². The number of furan rings is 1. The predicted molar refractivity (Wildman–Crippen MR) is 89.6 cm³/mol. The van der Waals surface area contributed by atoms with Crippen LogP contribution < -0.4 is 4.72 Å². The summed E-state index contributed by atoms with van der Waals surface area (Å²) in [5.74, 6) is 1.02. The lowest BCUT2D eigenvalue weighted by molar-refractivity contribution is 0.202. The average molecular weight is 341 g/mol. The summed E-state index contributed by atoms with van der Waals surface area (Å²) in [5, 5.41) is 0. The smallest absolute Gasteiger partial charge is 0.212 e. The minimum atomic E-state index is -3.29. The molecule has 2 saturated heterocycles. The van der Waals surface area contributed by atoms with Gasteiger partial charge in [-0.3, -0.25) is 4.90 Å². The van der Waals surface area contributed by atoms with Gasteiger partial charge in [-0.1, -0.05) is 0 Å². The van der Waals surface area contributed by atoms with E-state index in [2.05, 4.69) is 9.62 Å². The highest BCUT2D eigenvalue weighted by molar-refractivity contribution is 7.89. The van der Waals surface area contributed by atoms with Crippen LogP contribution in [-0.2, 0) is 10.0 Å². The van der Waals surface area contributed by atoms with Crippen molar-refractivity contribution in [3.05, 3.63) is 24.2 Å². The Labute approximate surface area is 138 Å². The Morgan fingerprint density at radius 3 is 2.91 bits per heavy atom. The second-order valence-corrected chi connectivity index (χ2v) is 9.04. The third-order valence-corrected chi connectivity index (χ3v) is 6.79. The molecule has 1 aromatic rings. The monoisotopic (exact) mass is 341 g/mol. The number of fused-ring (bicyclic) bond motifs is 2. The zero-order valence-corrected chi connectivity index (χ0v) is 14.8. The summed E-state index contributed by atoms with van der Waals surface area (Å²) in [7, 11) is 0.564. The number of hydrogen-bond donors (Lipinski definition) is 1. The molecule has 7 heteroatoms. The van der Waals surface area contributed by atoms with Crippen molar-refractivity contribution in [2.75, 3.05) is 46.0 Å². The Kier molecular flexibility index (Phi) is 4.83. The van der Waals surface area contributed by atoms with Crippen LogP contribution in [0.1, 0.15) is 31.1 Å². The van der Waals surface area contributed by atoms with Crippen molar-refractivity contribution in [1.82, 2.24) is 14.5 Å². The molecule has 130 valence electrons. The van der Waals surface area contributed by atoms with E-state index in [4.69, 9.17) is 4.42 Å². The molecule has 3 heterocycles. The number of sulfonamides is 1. The van der Waals surface area contributed by atoms with Gasteiger partial charge in [-0.15, -0.1) is 0 Å². The zero-order valence-electron chi connectivity index (χ0n) is 14.0. The Morgan fingerprint density at radius 2 is 2.22 bits per heavy atom. The highest BCUT2D eigenvalue weighted by Gasteiger charge is 2.43. The van der Waals surface area contributed by atoms with Gasteiger partial charge in [0.15, 0.2) is 0 Å². The SMILES string of the molecule is CN(C)C(CNS(=O)(=O)CC12CCCN(CC1)C2)c1ccco1. The Hall–Kier alpha value is -0.890. The van der Waals surface area contributed by atoms with Crippen molar-refractivity contribution < 1.29 is 12.8 Å². The molecule has 0 saturated carbocycles. The summed E-state index contributed by atoms with van der Waals surface area (Å²) in [6, 6.07) is 3.62. The number of nitrogens with zero attached hydrogens (tertiary/aromatic N) is 2. The van der Waals surface area contributed by atoms with Gasteiger partial charge in [0.2, 0.25) is 10.0 Å². The molecule has 2 aliphatic rings. The quantitative estimate of drug-likeness (QED) is 0.809. The molecular formula is C16H27N3O3S. The number of likely N-dealkylation sites (N-methyl/N-ethyl adjacent to an activating group) is 1. The third kappa shape index (κ3) is 3.96. The lowest BCUT2D eigenvalue weighted by Crippen LogP contribution is -2.43. The molecule has 0 radical (unpaired) electrons. The molecule has 2 fully saturated rings. The predicted octanol–water partition coefficient (Wildman–Crippen LogP) is 1.29. The van der Waals surface area contributed by atoms with Crippen LogP contribution in [0.15, 0.2) is 22.8 Å². The first-order valence-electron chi connectivity index (χ1n) is 8.29. The average Bonchev–Trinajstić information content (AvgIpc) is 3.07. The molecule has 1 aromatic heterocycles. The zero-order chi connectivity index (χ0) is 16.5. The molecule has 2 bridgehead atoms. The van der Waals surface area contributed by atoms with Crippen LogP contribution >= 0.6 is 0 Å². The van der Waals surface area contributed by atoms with Gasteiger partial charge in [-0.25, -0.2) is 13.1 Å². The molecule has 2 aliphatic heterocycles. The minimum absolute atomic E-state index is 0.0393. The van der Waals surface area contributed by atoms with Crippen LogP contribution in [0, 0.1) is 5.41 Å². The van der Waals surface area contributed by atoms with E-state index in [-0.39, 0.29) is 17.2 Å². The number of nitrogens with one attached hydrogen (secondary N) is 1. The lowest BCUT2D eigenvalue weighted by Gasteiger charge is -2.33. The van der Waals surface area contributed by atoms with Gasteiger partial charge >= 0.3 is 0 Å². The first kappa shape index (κ1) is 17.0. The van der Waals surface area contributed by atoms with E-state index >= 15 is 0 Å². The Morgan fingerprint density at radius 1 is 1.39 bits per heavy atom. The number of rotatable bonds is 7. The van der Waals surface area contributed by atoms with E-state index in [0.29, 0.717) is 6.54 Å². The van der Waals surface area contributed by atoms with Gasteiger partial charge in [0.25, 0.3) is 0 Å². The first-order chi connectivity index (χ1) is 10.9. The second kappa shape index (κ2) is 6.55. The molecule has 3 atom stereocenters. The van der Waals surface area contributed by atoms with E-state index in [1.165, 1.54) is 0 Å². The fraction of sp³-hybridized carbons (Fsp3) is 0.750. The standard InChI is InChI=1S/C16H27N3O3S/c1-18(2)14(15-5-3-10-22-15)11-17-23(20,21)13-16-6-4-8-19(12-16)9-7-16/h3,5,10,14,17H,4,6-9,11-13H2,1-2H3. The second-order valence-electron chi connectivity index (χ2n) is 7.23. The fourth-order valence-electron chi connectivity index (χ4n) is 3.97. The summed E-state index contributed by atoms with van der Waals surface area (Å²) in [6.45, 7) is 3.44. The molecular weight excluding hydrogens is 314 g/mol. The first-order valence-corrected chi connectivity index (χ1v) is 9.94. The summed E-state index contributed by atoms with van der Waals surface area (Å²) in [4.78, 5) is 4.36. The maximum absolute atomic E-state index is 12.6. The van der Waals surface area contributed by atoms with E-state index < -0.39 is 10.0 Å². The van der Waals surface area contributed by atoms with Crippen molar-refractivity contribution in [2.24, 2.45) is 5.41 Å². The molecule has 3 rings (SSSR count). The highest BCUT2D eigenvalue weighted by Crippen LogP contribution is 2.40. The normalized spacial score (nSPS) is 29.1. The minimum Gasteiger partial charge on any atom is -0.468 e. The van der Waals surface area contributed by atoms with Gasteiger partial charge in [-0.05, 0) is 64.0 Å². The summed E-state index contributed by atoms with van der Waals surface area (Å²) in [6.07, 6.45) is 4.76. The van der Waals surface area contributed by atoms with Gasteiger partial charge in [0, 0.05) is 13.1 Å². The van der Waals surface area contributed by atoms with Crippen LogP contribution in [0.25, 0.3) is 0 Å². The summed E-state index contributed by atoms with van der Waals surface area (Å²) in [5.41, 5.74) is -0.0393. The number of piperidine rings is 1. The summed E-state index contributed by atoms with van der Waals surface area (Å²) < 4.78 is 33.4. The van der Waals surface area contributed by atoms with Gasteiger partial charge in [0.1, 0.15) is 5.76 Å². The molecule has 3 unspecified atom stereocenters. The topological polar surface area (TPSA) is 65.8 Å². The lowest BCUT2D eigenvalue weighted by atomic mass is 9.83. The maximum Gasteiger partial charge on any atom is 0.212 e. The molecule has 6 nitrogen and oxygen atoms in total. The number of hydrogen-bond acceptors (Lipinski definition) is 5. The van der Waals surface area contributed by atoms with E-state index in [0.717, 1.165) is 44.7 Å². The van der Waals surface area contributed by atoms with Crippen LogP contribution in [0.4, 0.5) is 0 Å². The van der Waals surface area contributed by atoms with Crippen molar-refractivity contribution in [3.63, 3.8) is 0 Å². The Bertz CT molecular complexity index is 611. The summed E-state index contributed by atoms with van der Waals surface area (Å²) >= 11 is 0. The molecule has 23 heavy (non-hydrogen) atoms. The van der Waals surface area contributed by atoms with Crippen molar-refractivity contribution in [2.45, 2.75) is 25.3 Å². The van der Waals surface area contributed by atoms with Gasteiger partial charge in [0.05, 0.1) is 18.1 Å². The van der Waals surface area contributed by atoms with Crippen molar-refractivity contribution in [3.8, 4) is 0 Å². The van der Waals surface area contributed by atoms with E-state index in [1.807, 2.05) is 31.1 Å². The van der Waals surface area contributed by atoms with E-state index in [1.54, 1.807) is 6.26 Å².